The van der Waals surface area contributed by atoms with E-state index in [9.17, 15) is 18.0 Å². The molecule has 0 atom stereocenters. The zero-order valence-electron chi connectivity index (χ0n) is 8.71. The first kappa shape index (κ1) is 12.7. The van der Waals surface area contributed by atoms with Crippen LogP contribution in [0.1, 0.15) is 17.0 Å². The number of aromatic amines is 1. The predicted octanol–water partition coefficient (Wildman–Crippen LogP) is 2.63. The minimum atomic E-state index is -4.48. The molecule has 1 heterocycles. The maximum absolute atomic E-state index is 12.5. The molecule has 0 saturated carbocycles. The Morgan fingerprint density at radius 2 is 2.06 bits per heavy atom. The highest BCUT2D eigenvalue weighted by Gasteiger charge is 2.31. The molecular formula is C10H6ClF3N2O2. The molecule has 0 amide bonds. The maximum Gasteiger partial charge on any atom is 0.438 e. The molecule has 1 aromatic heterocycles. The molecule has 0 aliphatic rings. The maximum atomic E-state index is 12.5. The lowest BCUT2D eigenvalue weighted by molar-refractivity contribution is -0.137. The number of halogens is 4. The number of nitrogens with zero attached hydrogens (tertiary/aromatic N) is 1. The molecule has 96 valence electrons. The molecule has 0 aliphatic heterocycles. The van der Waals surface area contributed by atoms with E-state index < -0.39 is 17.5 Å². The van der Waals surface area contributed by atoms with Gasteiger partial charge >= 0.3 is 11.9 Å². The molecule has 1 N–H and O–H groups in total. The van der Waals surface area contributed by atoms with Crippen molar-refractivity contribution in [2.45, 2.75) is 12.6 Å². The molecule has 0 radical (unpaired) electrons. The largest absolute Gasteiger partial charge is 0.438 e. The van der Waals surface area contributed by atoms with E-state index in [1.807, 2.05) is 0 Å². The van der Waals surface area contributed by atoms with Crippen LogP contribution in [0.4, 0.5) is 13.2 Å². The number of alkyl halides is 3. The molecule has 0 aliphatic carbocycles. The SMILES string of the molecule is O=c1[nH]c(Cc2cc(Cl)cc(C(F)(F)F)c2)no1. The van der Waals surface area contributed by atoms with Crippen LogP contribution in [0.3, 0.4) is 0 Å². The fourth-order valence-corrected chi connectivity index (χ4v) is 1.70. The van der Waals surface area contributed by atoms with Gasteiger partial charge in [-0.25, -0.2) is 4.79 Å². The van der Waals surface area contributed by atoms with Crippen molar-refractivity contribution in [3.63, 3.8) is 0 Å². The average Bonchev–Trinajstić information content (AvgIpc) is 2.61. The van der Waals surface area contributed by atoms with Crippen LogP contribution in [-0.4, -0.2) is 10.1 Å². The third-order valence-electron chi connectivity index (χ3n) is 2.14. The summed E-state index contributed by atoms with van der Waals surface area (Å²) in [6.07, 6.45) is -4.48. The van der Waals surface area contributed by atoms with Crippen LogP contribution >= 0.6 is 11.6 Å². The van der Waals surface area contributed by atoms with Crippen LogP contribution in [0, 0.1) is 0 Å². The molecule has 0 fully saturated rings. The summed E-state index contributed by atoms with van der Waals surface area (Å²) in [7, 11) is 0. The topological polar surface area (TPSA) is 58.9 Å². The average molecular weight is 279 g/mol. The summed E-state index contributed by atoms with van der Waals surface area (Å²) in [6, 6.07) is 3.14. The van der Waals surface area contributed by atoms with E-state index in [0.717, 1.165) is 12.1 Å². The molecule has 4 nitrogen and oxygen atoms in total. The van der Waals surface area contributed by atoms with Gasteiger partial charge in [0.05, 0.1) is 5.56 Å². The second-order valence-electron chi connectivity index (χ2n) is 3.56. The van der Waals surface area contributed by atoms with Crippen LogP contribution in [0.25, 0.3) is 0 Å². The summed E-state index contributed by atoms with van der Waals surface area (Å²) in [4.78, 5) is 12.9. The highest BCUT2D eigenvalue weighted by atomic mass is 35.5. The van der Waals surface area contributed by atoms with Crippen molar-refractivity contribution in [3.8, 4) is 0 Å². The van der Waals surface area contributed by atoms with E-state index in [-0.39, 0.29) is 22.8 Å². The Bertz CT molecular complexity index is 618. The van der Waals surface area contributed by atoms with E-state index in [1.165, 1.54) is 6.07 Å². The summed E-state index contributed by atoms with van der Waals surface area (Å²) in [5.41, 5.74) is -0.574. The van der Waals surface area contributed by atoms with Crippen molar-refractivity contribution in [2.24, 2.45) is 0 Å². The van der Waals surface area contributed by atoms with Gasteiger partial charge in [0, 0.05) is 11.4 Å². The molecule has 2 aromatic rings. The number of nitrogens with one attached hydrogen (secondary N) is 1. The molecule has 18 heavy (non-hydrogen) atoms. The summed E-state index contributed by atoms with van der Waals surface area (Å²) in [6.45, 7) is 0. The number of hydrogen-bond donors (Lipinski definition) is 1. The van der Waals surface area contributed by atoms with Gasteiger partial charge in [0.2, 0.25) is 0 Å². The highest BCUT2D eigenvalue weighted by Crippen LogP contribution is 2.32. The van der Waals surface area contributed by atoms with Crippen molar-refractivity contribution in [3.05, 3.63) is 50.7 Å². The van der Waals surface area contributed by atoms with Crippen molar-refractivity contribution < 1.29 is 17.7 Å². The van der Waals surface area contributed by atoms with Crippen molar-refractivity contribution >= 4 is 11.6 Å². The van der Waals surface area contributed by atoms with Crippen LogP contribution in [0.15, 0.2) is 27.5 Å². The first-order valence-corrected chi connectivity index (χ1v) is 5.14. The molecule has 0 saturated heterocycles. The number of H-pyrrole nitrogens is 1. The smallest absolute Gasteiger partial charge is 0.296 e. The standard InChI is InChI=1S/C10H6ClF3N2O2/c11-7-2-5(1-6(4-7)10(12,13)14)3-8-15-9(17)18-16-8/h1-2,4H,3H2,(H,15,16,17). The first-order chi connectivity index (χ1) is 8.34. The van der Waals surface area contributed by atoms with Crippen LogP contribution in [0.5, 0.6) is 0 Å². The predicted molar refractivity (Wildman–Crippen MR) is 56.4 cm³/mol. The van der Waals surface area contributed by atoms with Crippen LogP contribution in [0.2, 0.25) is 5.02 Å². The first-order valence-electron chi connectivity index (χ1n) is 4.76. The Labute approximate surface area is 103 Å². The molecule has 0 bridgehead atoms. The van der Waals surface area contributed by atoms with E-state index >= 15 is 0 Å². The monoisotopic (exact) mass is 278 g/mol. The number of hydrogen-bond acceptors (Lipinski definition) is 3. The minimum absolute atomic E-state index is 0.00458. The highest BCUT2D eigenvalue weighted by molar-refractivity contribution is 6.30. The van der Waals surface area contributed by atoms with E-state index in [0.29, 0.717) is 0 Å². The van der Waals surface area contributed by atoms with Crippen molar-refractivity contribution in [1.82, 2.24) is 10.1 Å². The zero-order valence-corrected chi connectivity index (χ0v) is 9.47. The number of rotatable bonds is 2. The quantitative estimate of drug-likeness (QED) is 0.918. The molecule has 2 rings (SSSR count). The molecule has 0 spiro atoms. The van der Waals surface area contributed by atoms with Gasteiger partial charge in [-0.2, -0.15) is 13.2 Å². The molecule has 8 heteroatoms. The van der Waals surface area contributed by atoms with Crippen LogP contribution < -0.4 is 5.76 Å². The number of aromatic nitrogens is 2. The Morgan fingerprint density at radius 3 is 2.61 bits per heavy atom. The summed E-state index contributed by atoms with van der Waals surface area (Å²) < 4.78 is 41.9. The molecule has 0 unspecified atom stereocenters. The van der Waals surface area contributed by atoms with E-state index in [2.05, 4.69) is 14.7 Å². The Morgan fingerprint density at radius 1 is 1.33 bits per heavy atom. The van der Waals surface area contributed by atoms with Gasteiger partial charge in [-0.05, 0) is 23.8 Å². The lowest BCUT2D eigenvalue weighted by atomic mass is 10.1. The summed E-state index contributed by atoms with van der Waals surface area (Å²) in [5, 5.41) is 3.33. The van der Waals surface area contributed by atoms with Crippen molar-refractivity contribution in [2.75, 3.05) is 0 Å². The van der Waals surface area contributed by atoms with E-state index in [4.69, 9.17) is 11.6 Å². The molecular weight excluding hydrogens is 273 g/mol. The second-order valence-corrected chi connectivity index (χ2v) is 4.00. The van der Waals surface area contributed by atoms with Gasteiger partial charge in [-0.15, -0.1) is 0 Å². The fourth-order valence-electron chi connectivity index (χ4n) is 1.45. The third-order valence-corrected chi connectivity index (χ3v) is 2.36. The van der Waals surface area contributed by atoms with E-state index in [1.54, 1.807) is 0 Å². The summed E-state index contributed by atoms with van der Waals surface area (Å²) in [5.74, 6) is -0.626. The third kappa shape index (κ3) is 2.92. The minimum Gasteiger partial charge on any atom is -0.296 e. The second kappa shape index (κ2) is 4.49. The van der Waals surface area contributed by atoms with Gasteiger partial charge in [0.1, 0.15) is 0 Å². The lowest BCUT2D eigenvalue weighted by Crippen LogP contribution is -2.06. The number of benzene rings is 1. The van der Waals surface area contributed by atoms with Gasteiger partial charge in [-0.3, -0.25) is 9.51 Å². The zero-order chi connectivity index (χ0) is 13.3. The Hall–Kier alpha value is -1.76. The fraction of sp³-hybridized carbons (Fsp3) is 0.200. The van der Waals surface area contributed by atoms with Gasteiger partial charge in [0.15, 0.2) is 5.82 Å². The van der Waals surface area contributed by atoms with Crippen LogP contribution in [-0.2, 0) is 12.6 Å². The summed E-state index contributed by atoms with van der Waals surface area (Å²) >= 11 is 5.61. The van der Waals surface area contributed by atoms with Gasteiger partial charge in [-0.1, -0.05) is 16.8 Å². The van der Waals surface area contributed by atoms with Gasteiger partial charge in [0.25, 0.3) is 0 Å². The lowest BCUT2D eigenvalue weighted by Gasteiger charge is -2.09. The van der Waals surface area contributed by atoms with Crippen molar-refractivity contribution in [1.29, 1.82) is 0 Å². The Kier molecular flexibility index (Phi) is 3.16. The molecule has 1 aromatic carbocycles. The van der Waals surface area contributed by atoms with Gasteiger partial charge < -0.3 is 0 Å². The normalized spacial score (nSPS) is 11.8. The Balaban J connectivity index is 2.34.